The van der Waals surface area contributed by atoms with Crippen molar-refractivity contribution in [2.45, 2.75) is 31.9 Å². The van der Waals surface area contributed by atoms with Gasteiger partial charge < -0.3 is 4.74 Å². The molecule has 2 rings (SSSR count). The number of aromatic amines is 1. The molecular weight excluding hydrogens is 258 g/mol. The van der Waals surface area contributed by atoms with Gasteiger partial charge in [-0.1, -0.05) is 12.1 Å². The van der Waals surface area contributed by atoms with E-state index < -0.39 is 0 Å². The molecule has 0 radical (unpaired) electrons. The van der Waals surface area contributed by atoms with E-state index in [1.54, 1.807) is 0 Å². The summed E-state index contributed by atoms with van der Waals surface area (Å²) >= 11 is 1.47. The Kier molecular flexibility index (Phi) is 4.43. The van der Waals surface area contributed by atoms with Crippen LogP contribution in [-0.4, -0.2) is 17.8 Å². The van der Waals surface area contributed by atoms with Gasteiger partial charge in [0.1, 0.15) is 5.75 Å². The van der Waals surface area contributed by atoms with Gasteiger partial charge in [-0.25, -0.2) is 0 Å². The van der Waals surface area contributed by atoms with Crippen LogP contribution in [0.5, 0.6) is 0 Å². The Morgan fingerprint density at radius 2 is 2.11 bits per heavy atom. The van der Waals surface area contributed by atoms with Crippen molar-refractivity contribution in [3.8, 4) is 0 Å². The van der Waals surface area contributed by atoms with Gasteiger partial charge in [0.25, 0.3) is 0 Å². The molecule has 4 heteroatoms. The number of benzene rings is 1. The molecule has 1 aromatic heterocycles. The average molecular weight is 276 g/mol. The van der Waals surface area contributed by atoms with Crippen molar-refractivity contribution in [3.63, 3.8) is 0 Å². The van der Waals surface area contributed by atoms with E-state index in [2.05, 4.69) is 24.0 Å². The predicted molar refractivity (Wildman–Crippen MR) is 77.2 cm³/mol. The van der Waals surface area contributed by atoms with Gasteiger partial charge in [0.2, 0.25) is 10.5 Å². The third kappa shape index (κ3) is 3.70. The van der Waals surface area contributed by atoms with Gasteiger partial charge in [0.05, 0.1) is 6.10 Å². The Labute approximate surface area is 117 Å². The van der Waals surface area contributed by atoms with Gasteiger partial charge in [-0.3, -0.25) is 4.79 Å². The molecule has 0 atom stereocenters. The van der Waals surface area contributed by atoms with E-state index >= 15 is 0 Å². The molecule has 0 aliphatic heterocycles. The topological polar surface area (TPSA) is 40.4 Å². The number of carbonyl (C=O) groups is 1. The number of hydrogen-bond acceptors (Lipinski definition) is 3. The number of rotatable bonds is 4. The Morgan fingerprint density at radius 3 is 2.84 bits per heavy atom. The minimum atomic E-state index is -0.181. The smallest absolute Gasteiger partial charge is 0.316 e. The molecule has 0 amide bonds. The van der Waals surface area contributed by atoms with Crippen molar-refractivity contribution in [2.75, 3.05) is 5.75 Å². The zero-order valence-corrected chi connectivity index (χ0v) is 12.2. The van der Waals surface area contributed by atoms with Crippen molar-refractivity contribution in [3.05, 3.63) is 35.9 Å². The van der Waals surface area contributed by atoms with E-state index in [4.69, 9.17) is 4.74 Å². The molecule has 0 unspecified atom stereocenters. The molecule has 19 heavy (non-hydrogen) atoms. The summed E-state index contributed by atoms with van der Waals surface area (Å²) in [6.45, 7) is 5.79. The minimum absolute atomic E-state index is 0.0598. The first-order valence-electron chi connectivity index (χ1n) is 6.30. The maximum atomic E-state index is 11.5. The monoisotopic (exact) mass is 276 g/mol. The first kappa shape index (κ1) is 13.9. The normalized spacial score (nSPS) is 10.9. The Bertz CT molecular complexity index is 596. The molecule has 1 heterocycles. The lowest BCUT2D eigenvalue weighted by atomic mass is 10.1. The lowest BCUT2D eigenvalue weighted by molar-refractivity contribution is -0.395. The van der Waals surface area contributed by atoms with Gasteiger partial charge in [-0.05, 0) is 44.2 Å². The lowest BCUT2D eigenvalue weighted by Gasteiger charge is -2.06. The summed E-state index contributed by atoms with van der Waals surface area (Å²) in [7, 11) is 0. The zero-order valence-electron chi connectivity index (χ0n) is 11.4. The van der Waals surface area contributed by atoms with Crippen LogP contribution >= 0.6 is 11.8 Å². The van der Waals surface area contributed by atoms with Gasteiger partial charge in [0.15, 0.2) is 0 Å². The Hall–Kier alpha value is -1.55. The number of para-hydroxylation sites is 1. The van der Waals surface area contributed by atoms with Crippen LogP contribution in [0.15, 0.2) is 35.4 Å². The maximum Gasteiger partial charge on any atom is 0.316 e. The van der Waals surface area contributed by atoms with Crippen LogP contribution in [-0.2, 0) is 9.53 Å². The van der Waals surface area contributed by atoms with Crippen LogP contribution in [0.4, 0.5) is 0 Å². The van der Waals surface area contributed by atoms with Gasteiger partial charge >= 0.3 is 5.97 Å². The molecule has 1 N–H and O–H groups in total. The number of hydrogen-bond donors (Lipinski definition) is 0. The molecule has 0 saturated heterocycles. The Morgan fingerprint density at radius 1 is 1.37 bits per heavy atom. The SMILES string of the molecule is Cc1cc(SCC(=O)OC(C)C)[nH+]c2ccccc12. The van der Waals surface area contributed by atoms with Crippen LogP contribution in [0.25, 0.3) is 10.9 Å². The van der Waals surface area contributed by atoms with Crippen LogP contribution in [0.1, 0.15) is 19.4 Å². The summed E-state index contributed by atoms with van der Waals surface area (Å²) in [5.74, 6) is 0.145. The van der Waals surface area contributed by atoms with Crippen LogP contribution in [0, 0.1) is 6.92 Å². The second-order valence-corrected chi connectivity index (χ2v) is 5.71. The van der Waals surface area contributed by atoms with Gasteiger partial charge in [-0.15, -0.1) is 0 Å². The molecule has 0 aliphatic carbocycles. The van der Waals surface area contributed by atoms with E-state index in [0.717, 1.165) is 10.5 Å². The van der Waals surface area contributed by atoms with Crippen molar-refractivity contribution in [1.29, 1.82) is 0 Å². The van der Waals surface area contributed by atoms with E-state index in [9.17, 15) is 4.79 Å². The number of H-pyrrole nitrogens is 1. The lowest BCUT2D eigenvalue weighted by Crippen LogP contribution is -2.15. The standard InChI is InChI=1S/C15H17NO2S/c1-10(2)18-15(17)9-19-14-8-11(3)12-6-4-5-7-13(12)16-14/h4-8,10H,9H2,1-3H3/p+1. The second kappa shape index (κ2) is 6.06. The van der Waals surface area contributed by atoms with E-state index in [-0.39, 0.29) is 12.1 Å². The molecule has 100 valence electrons. The molecule has 0 fully saturated rings. The average Bonchev–Trinajstić information content (AvgIpc) is 2.36. The highest BCUT2D eigenvalue weighted by Crippen LogP contribution is 2.20. The predicted octanol–water partition coefficient (Wildman–Crippen LogP) is 3.01. The molecule has 0 aliphatic rings. The molecular formula is C15H18NO2S+. The molecule has 2 aromatic rings. The van der Waals surface area contributed by atoms with Crippen molar-refractivity contribution < 1.29 is 14.5 Å². The number of carbonyl (C=O) groups excluding carboxylic acids is 1. The van der Waals surface area contributed by atoms with Crippen LogP contribution < -0.4 is 4.98 Å². The largest absolute Gasteiger partial charge is 0.462 e. The number of pyridine rings is 1. The first-order chi connectivity index (χ1) is 9.06. The third-order valence-electron chi connectivity index (χ3n) is 2.67. The summed E-state index contributed by atoms with van der Waals surface area (Å²) in [5.41, 5.74) is 2.29. The molecule has 3 nitrogen and oxygen atoms in total. The highest BCUT2D eigenvalue weighted by atomic mass is 32.2. The summed E-state index contributed by atoms with van der Waals surface area (Å²) in [6.07, 6.45) is -0.0598. The summed E-state index contributed by atoms with van der Waals surface area (Å²) < 4.78 is 5.12. The van der Waals surface area contributed by atoms with E-state index in [0.29, 0.717) is 5.75 Å². The number of ether oxygens (including phenoxy) is 1. The van der Waals surface area contributed by atoms with Crippen molar-refractivity contribution in [1.82, 2.24) is 0 Å². The fourth-order valence-electron chi connectivity index (χ4n) is 1.89. The molecule has 0 saturated carbocycles. The first-order valence-corrected chi connectivity index (χ1v) is 7.29. The highest BCUT2D eigenvalue weighted by molar-refractivity contribution is 7.99. The highest BCUT2D eigenvalue weighted by Gasteiger charge is 2.12. The van der Waals surface area contributed by atoms with Crippen LogP contribution in [0.2, 0.25) is 0 Å². The van der Waals surface area contributed by atoms with Gasteiger partial charge in [0, 0.05) is 17.5 Å². The fourth-order valence-corrected chi connectivity index (χ4v) is 2.67. The molecule has 0 bridgehead atoms. The number of aryl methyl sites for hydroxylation is 1. The summed E-state index contributed by atoms with van der Waals surface area (Å²) in [5, 5.41) is 2.19. The maximum absolute atomic E-state index is 11.5. The summed E-state index contributed by atoms with van der Waals surface area (Å²) in [4.78, 5) is 14.8. The third-order valence-corrected chi connectivity index (χ3v) is 3.58. The summed E-state index contributed by atoms with van der Waals surface area (Å²) in [6, 6.07) is 10.2. The van der Waals surface area contributed by atoms with E-state index in [1.807, 2.05) is 32.0 Å². The number of fused-ring (bicyclic) bond motifs is 1. The number of nitrogens with one attached hydrogen (secondary N) is 1. The van der Waals surface area contributed by atoms with Crippen molar-refractivity contribution >= 4 is 28.6 Å². The molecule has 0 spiro atoms. The van der Waals surface area contributed by atoms with Crippen molar-refractivity contribution in [2.24, 2.45) is 0 Å². The fraction of sp³-hybridized carbons (Fsp3) is 0.333. The quantitative estimate of drug-likeness (QED) is 0.636. The number of thioether (sulfide) groups is 1. The zero-order chi connectivity index (χ0) is 13.8. The number of aromatic nitrogens is 1. The van der Waals surface area contributed by atoms with Gasteiger partial charge in [-0.2, -0.15) is 4.98 Å². The van der Waals surface area contributed by atoms with E-state index in [1.165, 1.54) is 22.7 Å². The number of esters is 1. The van der Waals surface area contributed by atoms with Crippen LogP contribution in [0.3, 0.4) is 0 Å². The second-order valence-electron chi connectivity index (χ2n) is 4.69. The minimum Gasteiger partial charge on any atom is -0.462 e. The molecule has 1 aromatic carbocycles. The Balaban J connectivity index is 2.11.